The fourth-order valence-corrected chi connectivity index (χ4v) is 0. The van der Waals surface area contributed by atoms with Gasteiger partial charge in [-0.3, -0.25) is 0 Å². The van der Waals surface area contributed by atoms with Crippen LogP contribution >= 0.6 is 0 Å². The Kier molecular flexibility index (Phi) is 6630. The van der Waals surface area contributed by atoms with E-state index in [1.54, 1.807) is 0 Å². The van der Waals surface area contributed by atoms with Gasteiger partial charge in [-0.05, 0) is 0 Å². The van der Waals surface area contributed by atoms with E-state index in [2.05, 4.69) is 0 Å². The molecular formula is FeO4Zn-4. The Bertz CT molecular complexity index is 7.51. The molecule has 0 aromatic carbocycles. The second-order valence-corrected chi connectivity index (χ2v) is 0. The van der Waals surface area contributed by atoms with Crippen LogP contribution in [0, 0.1) is 0 Å². The Balaban J connectivity index is 0. The first-order valence-electron chi connectivity index (χ1n) is 0. The van der Waals surface area contributed by atoms with Crippen molar-refractivity contribution in [1.82, 2.24) is 0 Å². The zero-order valence-electron chi connectivity index (χ0n) is 2.69. The molecular weight excluding hydrogens is 185 g/mol. The van der Waals surface area contributed by atoms with E-state index in [1.165, 1.54) is 0 Å². The van der Waals surface area contributed by atoms with Crippen LogP contribution in [0.4, 0.5) is 0 Å². The van der Waals surface area contributed by atoms with Gasteiger partial charge in [0.25, 0.3) is 0 Å². The topological polar surface area (TPSA) is 114 Å². The average molecular weight is 185 g/mol. The molecule has 0 spiro atoms. The molecule has 0 aromatic rings. The Hall–Kier alpha value is 0.983. The van der Waals surface area contributed by atoms with Crippen LogP contribution in [0.2, 0.25) is 0 Å². The third-order valence-corrected chi connectivity index (χ3v) is 0. The molecule has 4 nitrogen and oxygen atoms in total. The van der Waals surface area contributed by atoms with Crippen LogP contribution in [0.1, 0.15) is 0 Å². The quantitative estimate of drug-likeness (QED) is 0.453. The SMILES string of the molecule is [Fe+2].[O-2].[O-2].[O-2].[O-2].[Zn+2]. The number of hydrogen-bond acceptors (Lipinski definition) is 0. The molecule has 0 radical (unpaired) electrons. The maximum absolute atomic E-state index is 0. The van der Waals surface area contributed by atoms with Crippen molar-refractivity contribution < 1.29 is 58.5 Å². The average Bonchev–Trinajstić information content (AvgIpc) is 0. The van der Waals surface area contributed by atoms with Crippen molar-refractivity contribution in [2.75, 3.05) is 0 Å². The standard InChI is InChI=1S/Fe.4O.Zn/q+2;4*-2;+2. The fourth-order valence-electron chi connectivity index (χ4n) is 0. The second kappa shape index (κ2) is 154. The molecule has 0 aromatic heterocycles. The number of hydrogen-bond donors (Lipinski definition) is 0. The van der Waals surface area contributed by atoms with E-state index >= 15 is 0 Å². The van der Waals surface area contributed by atoms with Crippen LogP contribution in [0.3, 0.4) is 0 Å². The fraction of sp³-hybridized carbons (Fsp3) is 0. The molecule has 0 saturated heterocycles. The summed E-state index contributed by atoms with van der Waals surface area (Å²) in [6, 6.07) is 0. The molecule has 0 amide bonds. The Morgan fingerprint density at radius 1 is 0.500 bits per heavy atom. The van der Waals surface area contributed by atoms with Crippen molar-refractivity contribution in [3.05, 3.63) is 0 Å². The van der Waals surface area contributed by atoms with E-state index in [9.17, 15) is 0 Å². The summed E-state index contributed by atoms with van der Waals surface area (Å²) in [4.78, 5) is 0. The van der Waals surface area contributed by atoms with E-state index in [0.29, 0.717) is 0 Å². The third kappa shape index (κ3) is 81.8. The largest absolute Gasteiger partial charge is 2.00 e. The van der Waals surface area contributed by atoms with Crippen molar-refractivity contribution in [2.45, 2.75) is 0 Å². The van der Waals surface area contributed by atoms with Gasteiger partial charge in [0.05, 0.1) is 0 Å². The van der Waals surface area contributed by atoms with Gasteiger partial charge >= 0.3 is 36.5 Å². The Morgan fingerprint density at radius 3 is 0.500 bits per heavy atom. The van der Waals surface area contributed by atoms with Crippen molar-refractivity contribution in [3.63, 3.8) is 0 Å². The van der Waals surface area contributed by atoms with Crippen LogP contribution < -0.4 is 0 Å². The molecule has 0 N–H and O–H groups in total. The van der Waals surface area contributed by atoms with Gasteiger partial charge in [0.2, 0.25) is 0 Å². The minimum atomic E-state index is 0. The molecule has 0 unspecified atom stereocenters. The van der Waals surface area contributed by atoms with Crippen LogP contribution in [-0.4, -0.2) is 0 Å². The van der Waals surface area contributed by atoms with Crippen LogP contribution in [-0.2, 0) is 58.5 Å². The molecule has 6 heteroatoms. The second-order valence-electron chi connectivity index (χ2n) is 0. The smallest absolute Gasteiger partial charge is 2.00 e. The van der Waals surface area contributed by atoms with Gasteiger partial charge in [0.15, 0.2) is 0 Å². The van der Waals surface area contributed by atoms with Gasteiger partial charge in [-0.2, -0.15) is 0 Å². The van der Waals surface area contributed by atoms with Gasteiger partial charge in [-0.25, -0.2) is 0 Å². The molecule has 0 rings (SSSR count). The minimum Gasteiger partial charge on any atom is -2.00 e. The summed E-state index contributed by atoms with van der Waals surface area (Å²) >= 11 is 0. The van der Waals surface area contributed by atoms with E-state index in [4.69, 9.17) is 0 Å². The molecule has 0 aliphatic carbocycles. The Morgan fingerprint density at radius 2 is 0.500 bits per heavy atom. The van der Waals surface area contributed by atoms with E-state index < -0.39 is 0 Å². The predicted octanol–water partition coefficient (Wildman–Crippen LogP) is -0.480. The van der Waals surface area contributed by atoms with Crippen LogP contribution in [0.25, 0.3) is 0 Å². The predicted molar refractivity (Wildman–Crippen MR) is 2.75 cm³/mol. The molecule has 38 valence electrons. The summed E-state index contributed by atoms with van der Waals surface area (Å²) in [5.41, 5.74) is 0. The van der Waals surface area contributed by atoms with Crippen molar-refractivity contribution in [1.29, 1.82) is 0 Å². The zero-order valence-corrected chi connectivity index (χ0v) is 6.76. The summed E-state index contributed by atoms with van der Waals surface area (Å²) in [6.45, 7) is 0. The summed E-state index contributed by atoms with van der Waals surface area (Å²) in [7, 11) is 0. The van der Waals surface area contributed by atoms with Crippen molar-refractivity contribution in [3.8, 4) is 0 Å². The first kappa shape index (κ1) is 259. The van der Waals surface area contributed by atoms with Gasteiger partial charge in [-0.1, -0.05) is 0 Å². The molecule has 0 heterocycles. The molecule has 0 bridgehead atoms. The summed E-state index contributed by atoms with van der Waals surface area (Å²) in [5, 5.41) is 0. The van der Waals surface area contributed by atoms with Gasteiger partial charge in [0.1, 0.15) is 0 Å². The third-order valence-electron chi connectivity index (χ3n) is 0. The first-order valence-corrected chi connectivity index (χ1v) is 0. The normalized spacial score (nSPS) is 0. The first-order chi connectivity index (χ1) is 0. The molecule has 0 saturated carbocycles. The molecule has 6 heavy (non-hydrogen) atoms. The van der Waals surface area contributed by atoms with E-state index in [-0.39, 0.29) is 58.5 Å². The minimum absolute atomic E-state index is 0. The summed E-state index contributed by atoms with van der Waals surface area (Å²) < 4.78 is 0. The number of rotatable bonds is 0. The Labute approximate surface area is 58.8 Å². The summed E-state index contributed by atoms with van der Waals surface area (Å²) in [6.07, 6.45) is 0. The van der Waals surface area contributed by atoms with Gasteiger partial charge in [-0.15, -0.1) is 0 Å². The van der Waals surface area contributed by atoms with E-state index in [0.717, 1.165) is 0 Å². The summed E-state index contributed by atoms with van der Waals surface area (Å²) in [5.74, 6) is 0. The molecule has 0 aliphatic rings. The van der Waals surface area contributed by atoms with Crippen LogP contribution in [0.15, 0.2) is 0 Å². The molecule has 0 atom stereocenters. The van der Waals surface area contributed by atoms with Crippen molar-refractivity contribution in [2.24, 2.45) is 0 Å². The van der Waals surface area contributed by atoms with Crippen molar-refractivity contribution >= 4 is 0 Å². The zero-order chi connectivity index (χ0) is 0. The van der Waals surface area contributed by atoms with Gasteiger partial charge < -0.3 is 21.9 Å². The maximum atomic E-state index is 0. The van der Waals surface area contributed by atoms with Crippen LogP contribution in [0.5, 0.6) is 0 Å². The molecule has 0 aliphatic heterocycles. The monoisotopic (exact) mass is 184 g/mol. The van der Waals surface area contributed by atoms with E-state index in [1.807, 2.05) is 0 Å². The molecule has 0 fully saturated rings. The van der Waals surface area contributed by atoms with Gasteiger partial charge in [0, 0.05) is 0 Å². The maximum Gasteiger partial charge on any atom is 2.00 e.